The molecule has 0 aliphatic carbocycles. The van der Waals surface area contributed by atoms with Crippen molar-refractivity contribution in [1.29, 1.82) is 0 Å². The molecule has 0 saturated carbocycles. The fourth-order valence-corrected chi connectivity index (χ4v) is 2.20. The second-order valence-electron chi connectivity index (χ2n) is 4.54. The first-order chi connectivity index (χ1) is 10.1. The smallest absolute Gasteiger partial charge is 0.251 e. The molecule has 1 aromatic carbocycles. The summed E-state index contributed by atoms with van der Waals surface area (Å²) < 4.78 is 14.7. The third-order valence-electron chi connectivity index (χ3n) is 2.98. The van der Waals surface area contributed by atoms with Crippen molar-refractivity contribution in [3.8, 4) is 0 Å². The molecule has 0 saturated heterocycles. The molecule has 21 heavy (non-hydrogen) atoms. The lowest BCUT2D eigenvalue weighted by Gasteiger charge is -2.03. The number of aromatic nitrogens is 2. The van der Waals surface area contributed by atoms with Gasteiger partial charge in [-0.3, -0.25) is 4.79 Å². The number of rotatable bonds is 3. The average molecular weight is 304 g/mol. The zero-order chi connectivity index (χ0) is 14.8. The van der Waals surface area contributed by atoms with Crippen LogP contribution in [0.1, 0.15) is 16.1 Å². The lowest BCUT2D eigenvalue weighted by Crippen LogP contribution is -2.22. The molecule has 3 aromatic rings. The maximum Gasteiger partial charge on any atom is 0.251 e. The Morgan fingerprint density at radius 3 is 2.95 bits per heavy atom. The minimum Gasteiger partial charge on any atom is -0.346 e. The minimum absolute atomic E-state index is 0.235. The van der Waals surface area contributed by atoms with Crippen molar-refractivity contribution in [2.75, 3.05) is 0 Å². The van der Waals surface area contributed by atoms with Crippen LogP contribution in [-0.2, 0) is 6.54 Å². The second kappa shape index (κ2) is 5.54. The Morgan fingerprint density at radius 1 is 1.29 bits per heavy atom. The van der Waals surface area contributed by atoms with E-state index >= 15 is 0 Å². The van der Waals surface area contributed by atoms with E-state index in [1.165, 1.54) is 12.3 Å². The number of hydrogen-bond donors (Lipinski definition) is 1. The predicted octanol–water partition coefficient (Wildman–Crippen LogP) is 3.06. The molecule has 2 aromatic heterocycles. The van der Waals surface area contributed by atoms with Crippen LogP contribution in [0, 0.1) is 5.82 Å². The Kier molecular flexibility index (Phi) is 3.58. The number of amides is 1. The van der Waals surface area contributed by atoms with Crippen LogP contribution in [0.4, 0.5) is 4.39 Å². The van der Waals surface area contributed by atoms with Gasteiger partial charge in [0.25, 0.3) is 5.91 Å². The molecule has 2 heterocycles. The van der Waals surface area contributed by atoms with Crippen LogP contribution >= 0.6 is 11.6 Å². The Labute approximate surface area is 125 Å². The van der Waals surface area contributed by atoms with E-state index in [1.807, 2.05) is 0 Å². The third kappa shape index (κ3) is 3.03. The van der Waals surface area contributed by atoms with Crippen molar-refractivity contribution in [3.63, 3.8) is 0 Å². The maximum absolute atomic E-state index is 13.1. The molecule has 0 atom stereocenters. The van der Waals surface area contributed by atoms with E-state index in [0.29, 0.717) is 21.9 Å². The highest BCUT2D eigenvalue weighted by atomic mass is 35.5. The van der Waals surface area contributed by atoms with E-state index in [0.717, 1.165) is 0 Å². The van der Waals surface area contributed by atoms with E-state index in [9.17, 15) is 9.18 Å². The minimum atomic E-state index is -0.339. The third-order valence-corrected chi connectivity index (χ3v) is 3.22. The van der Waals surface area contributed by atoms with Crippen molar-refractivity contribution in [2.24, 2.45) is 0 Å². The lowest BCUT2D eigenvalue weighted by molar-refractivity contribution is 0.0950. The first kappa shape index (κ1) is 13.6. The standard InChI is InChI=1S/C15H11ClFN3O/c16-11-3-1-2-10(6-11)15(21)18-7-13-9-20-8-12(17)4-5-14(20)19-13/h1-6,8-9H,7H2,(H,18,21). The molecule has 0 aliphatic rings. The fraction of sp³-hybridized carbons (Fsp3) is 0.0667. The maximum atomic E-state index is 13.1. The average Bonchev–Trinajstić information content (AvgIpc) is 2.86. The van der Waals surface area contributed by atoms with Gasteiger partial charge in [0, 0.05) is 23.0 Å². The number of fused-ring (bicyclic) bond motifs is 1. The van der Waals surface area contributed by atoms with Crippen molar-refractivity contribution >= 4 is 23.2 Å². The summed E-state index contributed by atoms with van der Waals surface area (Å²) in [5, 5.41) is 3.26. The number of hydrogen-bond acceptors (Lipinski definition) is 2. The van der Waals surface area contributed by atoms with E-state index in [-0.39, 0.29) is 18.3 Å². The van der Waals surface area contributed by atoms with Gasteiger partial charge in [-0.2, -0.15) is 0 Å². The number of carbonyl (C=O) groups excluding carboxylic acids is 1. The number of halogens is 2. The molecule has 1 N–H and O–H groups in total. The summed E-state index contributed by atoms with van der Waals surface area (Å²) in [7, 11) is 0. The molecule has 6 heteroatoms. The quantitative estimate of drug-likeness (QED) is 0.808. The van der Waals surface area contributed by atoms with Gasteiger partial charge in [0.1, 0.15) is 11.5 Å². The first-order valence-corrected chi connectivity index (χ1v) is 6.66. The number of pyridine rings is 1. The molecule has 0 spiro atoms. The largest absolute Gasteiger partial charge is 0.346 e. The van der Waals surface area contributed by atoms with Crippen LogP contribution < -0.4 is 5.32 Å². The highest BCUT2D eigenvalue weighted by molar-refractivity contribution is 6.30. The van der Waals surface area contributed by atoms with Gasteiger partial charge in [0.2, 0.25) is 0 Å². The molecule has 0 bridgehead atoms. The molecule has 4 nitrogen and oxygen atoms in total. The summed E-state index contributed by atoms with van der Waals surface area (Å²) in [5.41, 5.74) is 1.76. The van der Waals surface area contributed by atoms with Crippen LogP contribution in [0.15, 0.2) is 48.8 Å². The summed E-state index contributed by atoms with van der Waals surface area (Å²) in [5.74, 6) is -0.574. The van der Waals surface area contributed by atoms with Gasteiger partial charge in [-0.05, 0) is 30.3 Å². The van der Waals surface area contributed by atoms with Gasteiger partial charge in [-0.25, -0.2) is 9.37 Å². The number of nitrogens with one attached hydrogen (secondary N) is 1. The Balaban J connectivity index is 1.72. The molecule has 0 aliphatic heterocycles. The number of imidazole rings is 1. The molecule has 106 valence electrons. The van der Waals surface area contributed by atoms with Crippen LogP contribution in [0.3, 0.4) is 0 Å². The highest BCUT2D eigenvalue weighted by Crippen LogP contribution is 2.11. The Bertz CT molecular complexity index is 816. The zero-order valence-corrected chi connectivity index (χ0v) is 11.6. The van der Waals surface area contributed by atoms with Gasteiger partial charge in [-0.1, -0.05) is 17.7 Å². The van der Waals surface area contributed by atoms with Crippen LogP contribution in [-0.4, -0.2) is 15.3 Å². The van der Waals surface area contributed by atoms with Crippen molar-refractivity contribution in [2.45, 2.75) is 6.54 Å². The van der Waals surface area contributed by atoms with Gasteiger partial charge < -0.3 is 9.72 Å². The van der Waals surface area contributed by atoms with E-state index < -0.39 is 0 Å². The SMILES string of the molecule is O=C(NCc1cn2cc(F)ccc2n1)c1cccc(Cl)c1. The van der Waals surface area contributed by atoms with Gasteiger partial charge in [0.05, 0.1) is 12.2 Å². The number of carbonyl (C=O) groups is 1. The first-order valence-electron chi connectivity index (χ1n) is 6.29. The van der Waals surface area contributed by atoms with Gasteiger partial charge in [-0.15, -0.1) is 0 Å². The van der Waals surface area contributed by atoms with E-state index in [4.69, 9.17) is 11.6 Å². The molecule has 0 fully saturated rings. The molecule has 3 rings (SSSR count). The van der Waals surface area contributed by atoms with E-state index in [2.05, 4.69) is 10.3 Å². The normalized spacial score (nSPS) is 10.8. The van der Waals surface area contributed by atoms with Crippen molar-refractivity contribution in [3.05, 3.63) is 70.9 Å². The monoisotopic (exact) mass is 303 g/mol. The molecule has 0 radical (unpaired) electrons. The molecule has 1 amide bonds. The topological polar surface area (TPSA) is 46.4 Å². The predicted molar refractivity (Wildman–Crippen MR) is 77.8 cm³/mol. The summed E-state index contributed by atoms with van der Waals surface area (Å²) in [4.78, 5) is 16.3. The van der Waals surface area contributed by atoms with Crippen molar-refractivity contribution < 1.29 is 9.18 Å². The Hall–Kier alpha value is -2.40. The highest BCUT2D eigenvalue weighted by Gasteiger charge is 2.07. The molecular weight excluding hydrogens is 293 g/mol. The fourth-order valence-electron chi connectivity index (χ4n) is 2.00. The molecular formula is C15H11ClFN3O. The van der Waals surface area contributed by atoms with Gasteiger partial charge >= 0.3 is 0 Å². The van der Waals surface area contributed by atoms with Crippen LogP contribution in [0.5, 0.6) is 0 Å². The molecule has 0 unspecified atom stereocenters. The van der Waals surface area contributed by atoms with Crippen LogP contribution in [0.25, 0.3) is 5.65 Å². The van der Waals surface area contributed by atoms with E-state index in [1.54, 1.807) is 40.9 Å². The lowest BCUT2D eigenvalue weighted by atomic mass is 10.2. The summed E-state index contributed by atoms with van der Waals surface area (Å²) in [6.45, 7) is 0.259. The summed E-state index contributed by atoms with van der Waals surface area (Å²) in [6, 6.07) is 9.62. The number of nitrogens with zero attached hydrogens (tertiary/aromatic N) is 2. The Morgan fingerprint density at radius 2 is 2.14 bits per heavy atom. The van der Waals surface area contributed by atoms with Gasteiger partial charge in [0.15, 0.2) is 0 Å². The summed E-state index contributed by atoms with van der Waals surface area (Å²) >= 11 is 5.84. The second-order valence-corrected chi connectivity index (χ2v) is 4.97. The number of benzene rings is 1. The summed E-state index contributed by atoms with van der Waals surface area (Å²) in [6.07, 6.45) is 3.02. The van der Waals surface area contributed by atoms with Crippen molar-refractivity contribution in [1.82, 2.24) is 14.7 Å². The van der Waals surface area contributed by atoms with Crippen LogP contribution in [0.2, 0.25) is 5.02 Å². The zero-order valence-electron chi connectivity index (χ0n) is 10.9.